The second kappa shape index (κ2) is 9.00. The molecule has 4 nitrogen and oxygen atoms in total. The molecule has 0 saturated heterocycles. The molecule has 0 aliphatic rings. The van der Waals surface area contributed by atoms with Gasteiger partial charge in [-0.15, -0.1) is 0 Å². The molecule has 0 fully saturated rings. The second-order valence-electron chi connectivity index (χ2n) is 6.49. The number of hydrogen-bond acceptors (Lipinski definition) is 3. The predicted molar refractivity (Wildman–Crippen MR) is 111 cm³/mol. The van der Waals surface area contributed by atoms with E-state index in [1.165, 1.54) is 0 Å². The van der Waals surface area contributed by atoms with Crippen molar-refractivity contribution in [2.75, 3.05) is 11.9 Å². The van der Waals surface area contributed by atoms with Crippen LogP contribution >= 0.6 is 0 Å². The SMILES string of the molecule is CCOC(=O)c1cccc(NC(=O)Cc2ccc(-c3ccccc3)cc2)c1C. The lowest BCUT2D eigenvalue weighted by Gasteiger charge is -2.12. The van der Waals surface area contributed by atoms with Gasteiger partial charge in [0.25, 0.3) is 0 Å². The quantitative estimate of drug-likeness (QED) is 0.617. The smallest absolute Gasteiger partial charge is 0.338 e. The molecule has 3 aromatic carbocycles. The average Bonchev–Trinajstić information content (AvgIpc) is 2.71. The van der Waals surface area contributed by atoms with Gasteiger partial charge in [-0.1, -0.05) is 60.7 Å². The molecule has 4 heteroatoms. The van der Waals surface area contributed by atoms with Gasteiger partial charge in [-0.25, -0.2) is 4.79 Å². The van der Waals surface area contributed by atoms with Crippen molar-refractivity contribution in [3.05, 3.63) is 89.5 Å². The predicted octanol–water partition coefficient (Wildman–Crippen LogP) is 5.02. The third-order valence-electron chi connectivity index (χ3n) is 4.53. The first kappa shape index (κ1) is 19.4. The van der Waals surface area contributed by atoms with Crippen LogP contribution in [0.5, 0.6) is 0 Å². The Morgan fingerprint density at radius 1 is 0.857 bits per heavy atom. The maximum atomic E-state index is 12.5. The molecule has 1 N–H and O–H groups in total. The Balaban J connectivity index is 1.68. The van der Waals surface area contributed by atoms with Gasteiger partial charge in [0.15, 0.2) is 0 Å². The van der Waals surface area contributed by atoms with Gasteiger partial charge in [0.2, 0.25) is 5.91 Å². The summed E-state index contributed by atoms with van der Waals surface area (Å²) in [6, 6.07) is 23.3. The number of anilines is 1. The molecule has 0 spiro atoms. The second-order valence-corrected chi connectivity index (χ2v) is 6.49. The maximum Gasteiger partial charge on any atom is 0.338 e. The van der Waals surface area contributed by atoms with Crippen molar-refractivity contribution in [3.8, 4) is 11.1 Å². The van der Waals surface area contributed by atoms with Crippen LogP contribution in [0.3, 0.4) is 0 Å². The number of ether oxygens (including phenoxy) is 1. The van der Waals surface area contributed by atoms with Gasteiger partial charge in [0.1, 0.15) is 0 Å². The molecule has 1 amide bonds. The lowest BCUT2D eigenvalue weighted by atomic mass is 10.0. The van der Waals surface area contributed by atoms with Crippen molar-refractivity contribution in [3.63, 3.8) is 0 Å². The van der Waals surface area contributed by atoms with Crippen LogP contribution in [0.4, 0.5) is 5.69 Å². The summed E-state index contributed by atoms with van der Waals surface area (Å²) < 4.78 is 5.06. The normalized spacial score (nSPS) is 10.4. The average molecular weight is 373 g/mol. The Hall–Kier alpha value is -3.40. The van der Waals surface area contributed by atoms with Gasteiger partial charge < -0.3 is 10.1 Å². The van der Waals surface area contributed by atoms with Crippen LogP contribution in [0.15, 0.2) is 72.8 Å². The molecule has 0 aliphatic carbocycles. The van der Waals surface area contributed by atoms with Gasteiger partial charge in [0, 0.05) is 5.69 Å². The molecule has 142 valence electrons. The van der Waals surface area contributed by atoms with Crippen LogP contribution in [0.1, 0.15) is 28.4 Å². The maximum absolute atomic E-state index is 12.5. The van der Waals surface area contributed by atoms with Crippen LogP contribution in [-0.4, -0.2) is 18.5 Å². The number of carbonyl (C=O) groups is 2. The van der Waals surface area contributed by atoms with E-state index in [0.717, 1.165) is 16.7 Å². The zero-order chi connectivity index (χ0) is 19.9. The summed E-state index contributed by atoms with van der Waals surface area (Å²) in [7, 11) is 0. The monoisotopic (exact) mass is 373 g/mol. The highest BCUT2D eigenvalue weighted by Crippen LogP contribution is 2.21. The first-order valence-electron chi connectivity index (χ1n) is 9.29. The molecule has 0 radical (unpaired) electrons. The third-order valence-corrected chi connectivity index (χ3v) is 4.53. The molecule has 0 aliphatic heterocycles. The Kier molecular flexibility index (Phi) is 6.22. The summed E-state index contributed by atoms with van der Waals surface area (Å²) in [4.78, 5) is 24.5. The fourth-order valence-corrected chi connectivity index (χ4v) is 3.03. The standard InChI is InChI=1S/C24H23NO3/c1-3-28-24(27)21-10-7-11-22(17(21)2)25-23(26)16-18-12-14-20(15-13-18)19-8-5-4-6-9-19/h4-15H,3,16H2,1-2H3,(H,25,26). The molecule has 0 saturated carbocycles. The molecule has 0 heterocycles. The minimum Gasteiger partial charge on any atom is -0.462 e. The summed E-state index contributed by atoms with van der Waals surface area (Å²) in [5.41, 5.74) is 4.97. The molecule has 3 rings (SSSR count). The van der Waals surface area contributed by atoms with Gasteiger partial charge in [-0.2, -0.15) is 0 Å². The first-order chi connectivity index (χ1) is 13.6. The molecule has 0 aromatic heterocycles. The van der Waals surface area contributed by atoms with E-state index in [1.807, 2.05) is 42.5 Å². The van der Waals surface area contributed by atoms with E-state index in [0.29, 0.717) is 23.4 Å². The molecule has 0 bridgehead atoms. The fourth-order valence-electron chi connectivity index (χ4n) is 3.03. The number of hydrogen-bond donors (Lipinski definition) is 1. The lowest BCUT2D eigenvalue weighted by Crippen LogP contribution is -2.16. The number of nitrogens with one attached hydrogen (secondary N) is 1. The highest BCUT2D eigenvalue weighted by atomic mass is 16.5. The van der Waals surface area contributed by atoms with Gasteiger partial charge in [-0.05, 0) is 48.2 Å². The Morgan fingerprint density at radius 3 is 2.21 bits per heavy atom. The van der Waals surface area contributed by atoms with E-state index in [-0.39, 0.29) is 18.3 Å². The number of rotatable bonds is 6. The zero-order valence-electron chi connectivity index (χ0n) is 16.1. The van der Waals surface area contributed by atoms with Crippen LogP contribution in [-0.2, 0) is 16.0 Å². The van der Waals surface area contributed by atoms with Crippen molar-refractivity contribution in [1.82, 2.24) is 0 Å². The molecular weight excluding hydrogens is 350 g/mol. The van der Waals surface area contributed by atoms with E-state index in [4.69, 9.17) is 4.74 Å². The fraction of sp³-hybridized carbons (Fsp3) is 0.167. The van der Waals surface area contributed by atoms with E-state index in [9.17, 15) is 9.59 Å². The highest BCUT2D eigenvalue weighted by Gasteiger charge is 2.14. The summed E-state index contributed by atoms with van der Waals surface area (Å²) >= 11 is 0. The van der Waals surface area contributed by atoms with Crippen molar-refractivity contribution in [2.45, 2.75) is 20.3 Å². The third kappa shape index (κ3) is 4.65. The minimum absolute atomic E-state index is 0.128. The zero-order valence-corrected chi connectivity index (χ0v) is 16.1. The van der Waals surface area contributed by atoms with E-state index in [2.05, 4.69) is 17.4 Å². The summed E-state index contributed by atoms with van der Waals surface area (Å²) in [6.07, 6.45) is 0.262. The van der Waals surface area contributed by atoms with Gasteiger partial charge in [-0.3, -0.25) is 4.79 Å². The van der Waals surface area contributed by atoms with E-state index < -0.39 is 0 Å². The first-order valence-corrected chi connectivity index (χ1v) is 9.29. The summed E-state index contributed by atoms with van der Waals surface area (Å²) in [5, 5.41) is 2.90. The molecule has 0 atom stereocenters. The Morgan fingerprint density at radius 2 is 1.54 bits per heavy atom. The molecule has 0 unspecified atom stereocenters. The van der Waals surface area contributed by atoms with Crippen molar-refractivity contribution in [2.24, 2.45) is 0 Å². The van der Waals surface area contributed by atoms with Crippen molar-refractivity contribution >= 4 is 17.6 Å². The number of amides is 1. The van der Waals surface area contributed by atoms with Crippen LogP contribution in [0.2, 0.25) is 0 Å². The molecular formula is C24H23NO3. The number of carbonyl (C=O) groups excluding carboxylic acids is 2. The van der Waals surface area contributed by atoms with Gasteiger partial charge >= 0.3 is 5.97 Å². The number of esters is 1. The van der Waals surface area contributed by atoms with E-state index >= 15 is 0 Å². The lowest BCUT2D eigenvalue weighted by molar-refractivity contribution is -0.115. The Bertz CT molecular complexity index is 963. The summed E-state index contributed by atoms with van der Waals surface area (Å²) in [5.74, 6) is -0.510. The van der Waals surface area contributed by atoms with Crippen molar-refractivity contribution in [1.29, 1.82) is 0 Å². The van der Waals surface area contributed by atoms with Crippen LogP contribution in [0.25, 0.3) is 11.1 Å². The van der Waals surface area contributed by atoms with E-state index in [1.54, 1.807) is 32.0 Å². The molecule has 28 heavy (non-hydrogen) atoms. The topological polar surface area (TPSA) is 55.4 Å². The Labute approximate surface area is 165 Å². The largest absolute Gasteiger partial charge is 0.462 e. The molecule has 3 aromatic rings. The van der Waals surface area contributed by atoms with Gasteiger partial charge in [0.05, 0.1) is 18.6 Å². The highest BCUT2D eigenvalue weighted by molar-refractivity contribution is 5.97. The van der Waals surface area contributed by atoms with Crippen molar-refractivity contribution < 1.29 is 14.3 Å². The summed E-state index contributed by atoms with van der Waals surface area (Å²) in [6.45, 7) is 3.88. The minimum atomic E-state index is -0.382. The van der Waals surface area contributed by atoms with Crippen LogP contribution < -0.4 is 5.32 Å². The van der Waals surface area contributed by atoms with Crippen LogP contribution in [0, 0.1) is 6.92 Å². The number of benzene rings is 3.